The van der Waals surface area contributed by atoms with Gasteiger partial charge in [-0.25, -0.2) is 0 Å². The third-order valence-electron chi connectivity index (χ3n) is 5.12. The van der Waals surface area contributed by atoms with Crippen LogP contribution >= 0.6 is 0 Å². The van der Waals surface area contributed by atoms with Crippen LogP contribution in [0.2, 0.25) is 0 Å². The highest BCUT2D eigenvalue weighted by atomic mass is 16.5. The van der Waals surface area contributed by atoms with Crippen molar-refractivity contribution >= 4 is 0 Å². The van der Waals surface area contributed by atoms with Crippen LogP contribution in [-0.4, -0.2) is 25.3 Å². The van der Waals surface area contributed by atoms with Gasteiger partial charge in [0.15, 0.2) is 0 Å². The van der Waals surface area contributed by atoms with Crippen LogP contribution in [-0.2, 0) is 6.42 Å². The predicted molar refractivity (Wildman–Crippen MR) is 91.3 cm³/mol. The van der Waals surface area contributed by atoms with E-state index in [0.29, 0.717) is 12.5 Å². The Morgan fingerprint density at radius 2 is 2.09 bits per heavy atom. The van der Waals surface area contributed by atoms with Crippen molar-refractivity contribution in [2.75, 3.05) is 19.8 Å². The molecule has 0 radical (unpaired) electrons. The molecule has 2 aromatic rings. The molecule has 120 valence electrons. The fourth-order valence-corrected chi connectivity index (χ4v) is 3.77. The summed E-state index contributed by atoms with van der Waals surface area (Å²) in [7, 11) is 0. The molecule has 2 atom stereocenters. The normalized spacial score (nSPS) is 25.3. The third-order valence-corrected chi connectivity index (χ3v) is 5.12. The van der Waals surface area contributed by atoms with E-state index < -0.39 is 0 Å². The van der Waals surface area contributed by atoms with Crippen LogP contribution in [0.15, 0.2) is 48.5 Å². The van der Waals surface area contributed by atoms with Crippen molar-refractivity contribution in [3.05, 3.63) is 59.7 Å². The molecule has 1 saturated heterocycles. The van der Waals surface area contributed by atoms with Crippen LogP contribution < -0.4 is 14.8 Å². The zero-order valence-electron chi connectivity index (χ0n) is 13.5. The van der Waals surface area contributed by atoms with Gasteiger partial charge in [-0.3, -0.25) is 0 Å². The van der Waals surface area contributed by atoms with Crippen LogP contribution in [0.25, 0.3) is 0 Å². The fourth-order valence-electron chi connectivity index (χ4n) is 3.77. The molecule has 1 fully saturated rings. The Morgan fingerprint density at radius 1 is 1.22 bits per heavy atom. The molecular weight excluding hydrogens is 286 g/mol. The van der Waals surface area contributed by atoms with E-state index in [9.17, 15) is 0 Å². The summed E-state index contributed by atoms with van der Waals surface area (Å²) in [5.74, 6) is 2.44. The van der Waals surface area contributed by atoms with Crippen molar-refractivity contribution in [2.45, 2.75) is 31.2 Å². The molecule has 0 spiro atoms. The number of hydrogen-bond acceptors (Lipinski definition) is 3. The van der Waals surface area contributed by atoms with E-state index in [1.807, 2.05) is 6.07 Å². The van der Waals surface area contributed by atoms with Crippen molar-refractivity contribution in [3.8, 4) is 11.5 Å². The lowest BCUT2D eigenvalue weighted by molar-refractivity contribution is 0.170. The number of nitrogens with one attached hydrogen (secondary N) is 1. The molecule has 2 aromatic carbocycles. The molecule has 0 unspecified atom stereocenters. The first kappa shape index (κ1) is 14.6. The van der Waals surface area contributed by atoms with Crippen molar-refractivity contribution in [1.29, 1.82) is 0 Å². The molecule has 23 heavy (non-hydrogen) atoms. The van der Waals surface area contributed by atoms with Gasteiger partial charge in [0.1, 0.15) is 18.1 Å². The van der Waals surface area contributed by atoms with Crippen LogP contribution in [0.3, 0.4) is 0 Å². The minimum atomic E-state index is 0.0860. The zero-order chi connectivity index (χ0) is 15.7. The molecule has 2 aliphatic rings. The molecule has 0 aromatic heterocycles. The molecule has 3 nitrogen and oxygen atoms in total. The smallest absolute Gasteiger partial charge is 0.126 e. The van der Waals surface area contributed by atoms with E-state index in [4.69, 9.17) is 9.47 Å². The lowest BCUT2D eigenvalue weighted by Crippen LogP contribution is -2.48. The Labute approximate surface area is 137 Å². The summed E-state index contributed by atoms with van der Waals surface area (Å²) in [5, 5.41) is 3.59. The van der Waals surface area contributed by atoms with Crippen molar-refractivity contribution in [1.82, 2.24) is 5.32 Å². The van der Waals surface area contributed by atoms with Gasteiger partial charge in [0.25, 0.3) is 0 Å². The summed E-state index contributed by atoms with van der Waals surface area (Å²) in [5.41, 5.74) is 2.71. The predicted octanol–water partition coefficient (Wildman–Crippen LogP) is 3.54. The molecular formula is C20H23NO2. The highest BCUT2D eigenvalue weighted by molar-refractivity contribution is 5.46. The Balaban J connectivity index is 1.44. The summed E-state index contributed by atoms with van der Waals surface area (Å²) < 4.78 is 11.9. The van der Waals surface area contributed by atoms with Gasteiger partial charge >= 0.3 is 0 Å². The van der Waals surface area contributed by atoms with Crippen LogP contribution in [0.4, 0.5) is 0 Å². The van der Waals surface area contributed by atoms with Gasteiger partial charge in [-0.1, -0.05) is 36.4 Å². The van der Waals surface area contributed by atoms with Crippen LogP contribution in [0.5, 0.6) is 11.5 Å². The first-order chi connectivity index (χ1) is 11.2. The quantitative estimate of drug-likeness (QED) is 0.937. The molecule has 0 saturated carbocycles. The molecule has 0 amide bonds. The van der Waals surface area contributed by atoms with Crippen LogP contribution in [0, 0.1) is 0 Å². The highest BCUT2D eigenvalue weighted by Crippen LogP contribution is 2.45. The van der Waals surface area contributed by atoms with Gasteiger partial charge < -0.3 is 14.8 Å². The first-order valence-corrected chi connectivity index (χ1v) is 8.43. The maximum absolute atomic E-state index is 6.00. The summed E-state index contributed by atoms with van der Waals surface area (Å²) in [4.78, 5) is 0. The minimum Gasteiger partial charge on any atom is -0.493 e. The lowest BCUT2D eigenvalue weighted by atomic mass is 9.80. The van der Waals surface area contributed by atoms with Crippen molar-refractivity contribution in [3.63, 3.8) is 0 Å². The number of hydrogen-bond donors (Lipinski definition) is 1. The molecule has 2 heterocycles. The molecule has 2 aliphatic heterocycles. The van der Waals surface area contributed by atoms with Crippen molar-refractivity contribution in [2.24, 2.45) is 0 Å². The van der Waals surface area contributed by atoms with E-state index in [1.165, 1.54) is 17.5 Å². The summed E-state index contributed by atoms with van der Waals surface area (Å²) >= 11 is 0. The second-order valence-electron chi connectivity index (χ2n) is 6.76. The topological polar surface area (TPSA) is 30.5 Å². The zero-order valence-corrected chi connectivity index (χ0v) is 13.5. The standard InChI is InChI=1S/C20H23NO2/c1-20-14-23-19-13-16(7-8-17(19)18(20)9-11-21-20)22-12-10-15-5-3-2-4-6-15/h2-8,13,18,21H,9-12,14H2,1H3/t18-,20+/m0/s1. The Hall–Kier alpha value is -2.00. The molecule has 1 N–H and O–H groups in total. The van der Waals surface area contributed by atoms with Crippen LogP contribution in [0.1, 0.15) is 30.4 Å². The van der Waals surface area contributed by atoms with Gasteiger partial charge in [0, 0.05) is 18.4 Å². The van der Waals surface area contributed by atoms with Gasteiger partial charge in [-0.05, 0) is 37.1 Å². The average Bonchev–Trinajstić information content (AvgIpc) is 2.98. The Bertz CT molecular complexity index is 685. The van der Waals surface area contributed by atoms with Gasteiger partial charge in [0.2, 0.25) is 0 Å². The monoisotopic (exact) mass is 309 g/mol. The lowest BCUT2D eigenvalue weighted by Gasteiger charge is -2.37. The largest absolute Gasteiger partial charge is 0.493 e. The third kappa shape index (κ3) is 2.81. The van der Waals surface area contributed by atoms with E-state index in [1.54, 1.807) is 0 Å². The van der Waals surface area contributed by atoms with Gasteiger partial charge in [0.05, 0.1) is 12.1 Å². The van der Waals surface area contributed by atoms with Gasteiger partial charge in [-0.2, -0.15) is 0 Å². The maximum Gasteiger partial charge on any atom is 0.126 e. The summed E-state index contributed by atoms with van der Waals surface area (Å²) in [6.07, 6.45) is 2.10. The maximum atomic E-state index is 6.00. The van der Waals surface area contributed by atoms with E-state index >= 15 is 0 Å². The SMILES string of the molecule is C[C@@]12COc3cc(OCCc4ccccc4)ccc3[C@@H]1CCN2. The average molecular weight is 309 g/mol. The highest BCUT2D eigenvalue weighted by Gasteiger charge is 2.44. The van der Waals surface area contributed by atoms with Gasteiger partial charge in [-0.15, -0.1) is 0 Å². The van der Waals surface area contributed by atoms with E-state index in [2.05, 4.69) is 54.7 Å². The van der Waals surface area contributed by atoms with Crippen molar-refractivity contribution < 1.29 is 9.47 Å². The second-order valence-corrected chi connectivity index (χ2v) is 6.76. The molecule has 3 heteroatoms. The number of fused-ring (bicyclic) bond motifs is 3. The van der Waals surface area contributed by atoms with E-state index in [-0.39, 0.29) is 5.54 Å². The number of ether oxygens (including phenoxy) is 2. The second kappa shape index (κ2) is 5.89. The number of rotatable bonds is 4. The van der Waals surface area contributed by atoms with E-state index in [0.717, 1.165) is 31.1 Å². The minimum absolute atomic E-state index is 0.0860. The molecule has 0 bridgehead atoms. The summed E-state index contributed by atoms with van der Waals surface area (Å²) in [6.45, 7) is 4.75. The Morgan fingerprint density at radius 3 is 2.96 bits per heavy atom. The Kier molecular flexibility index (Phi) is 3.74. The number of benzene rings is 2. The first-order valence-electron chi connectivity index (χ1n) is 8.43. The fraction of sp³-hybridized carbons (Fsp3) is 0.400. The molecule has 0 aliphatic carbocycles. The summed E-state index contributed by atoms with van der Waals surface area (Å²) in [6, 6.07) is 16.7. The molecule has 4 rings (SSSR count).